The fraction of sp³-hybridized carbons (Fsp3) is 0.556. The molecule has 0 unspecified atom stereocenters. The molecule has 0 aliphatic heterocycles. The van der Waals surface area contributed by atoms with Gasteiger partial charge in [-0.15, -0.1) is 0 Å². The number of hydrogen-bond acceptors (Lipinski definition) is 2. The van der Waals surface area contributed by atoms with Gasteiger partial charge in [0.15, 0.2) is 0 Å². The van der Waals surface area contributed by atoms with E-state index in [1.165, 1.54) is 0 Å². The molecule has 0 bridgehead atoms. The molecule has 2 nitrogen and oxygen atoms in total. The summed E-state index contributed by atoms with van der Waals surface area (Å²) >= 11 is 0. The minimum atomic E-state index is -0.294. The summed E-state index contributed by atoms with van der Waals surface area (Å²) in [6, 6.07) is 0. The topological polar surface area (TPSA) is 34.1 Å². The van der Waals surface area contributed by atoms with Gasteiger partial charge in [-0.1, -0.05) is 6.92 Å². The molecule has 0 aromatic carbocycles. The second-order valence-corrected chi connectivity index (χ2v) is 2.43. The monoisotopic (exact) mass is 153 g/mol. The molecule has 0 aliphatic rings. The summed E-state index contributed by atoms with van der Waals surface area (Å²) in [5.74, 6) is -0.160. The third kappa shape index (κ3) is 7.23. The number of rotatable bonds is 6. The summed E-state index contributed by atoms with van der Waals surface area (Å²) in [6.45, 7) is 6.63. The van der Waals surface area contributed by atoms with E-state index in [4.69, 9.17) is 6.92 Å². The van der Waals surface area contributed by atoms with E-state index < -0.39 is 0 Å². The molecule has 0 saturated heterocycles. The van der Waals surface area contributed by atoms with Gasteiger partial charge in [0.05, 0.1) is 0 Å². The van der Waals surface area contributed by atoms with Crippen LogP contribution < -0.4 is 0 Å². The second-order valence-electron chi connectivity index (χ2n) is 2.43. The first kappa shape index (κ1) is 10.3. The van der Waals surface area contributed by atoms with Crippen LogP contribution in [0.2, 0.25) is 0 Å². The van der Waals surface area contributed by atoms with Crippen LogP contribution in [0.4, 0.5) is 0 Å². The van der Waals surface area contributed by atoms with Crippen molar-refractivity contribution < 1.29 is 9.59 Å². The van der Waals surface area contributed by atoms with E-state index in [0.717, 1.165) is 12.8 Å². The lowest BCUT2D eigenvalue weighted by Crippen LogP contribution is -1.96. The van der Waals surface area contributed by atoms with Crippen molar-refractivity contribution in [3.8, 4) is 0 Å². The standard InChI is InChI=1S/C9H13O2/c1-3-9(11)7-5-4-6-8(2)10/h2-3H,4-7H2,1H3. The molecule has 0 atom stereocenters. The molecule has 3 radical (unpaired) electrons. The van der Waals surface area contributed by atoms with Gasteiger partial charge in [-0.25, -0.2) is 0 Å². The maximum Gasteiger partial charge on any atom is 0.137 e. The lowest BCUT2D eigenvalue weighted by Gasteiger charge is -1.95. The Labute approximate surface area is 68.0 Å². The summed E-state index contributed by atoms with van der Waals surface area (Å²) in [5.41, 5.74) is 0. The van der Waals surface area contributed by atoms with E-state index in [9.17, 15) is 9.59 Å². The first-order chi connectivity index (χ1) is 5.16. The highest BCUT2D eigenvalue weighted by Crippen LogP contribution is 2.01. The molecule has 0 amide bonds. The lowest BCUT2D eigenvalue weighted by molar-refractivity contribution is -0.117. The summed E-state index contributed by atoms with van der Waals surface area (Å²) in [5, 5.41) is 0. The first-order valence-corrected chi connectivity index (χ1v) is 3.77. The minimum absolute atomic E-state index is 0.134. The van der Waals surface area contributed by atoms with Crippen LogP contribution >= 0.6 is 0 Å². The molecule has 11 heavy (non-hydrogen) atoms. The van der Waals surface area contributed by atoms with Crippen LogP contribution in [0, 0.1) is 13.3 Å². The van der Waals surface area contributed by atoms with E-state index in [-0.39, 0.29) is 11.6 Å². The Hall–Kier alpha value is -0.660. The normalized spacial score (nSPS) is 9.64. The zero-order valence-corrected chi connectivity index (χ0v) is 6.80. The molecule has 0 aromatic heterocycles. The zero-order valence-electron chi connectivity index (χ0n) is 6.80. The van der Waals surface area contributed by atoms with E-state index in [1.807, 2.05) is 0 Å². The number of carbonyl (C=O) groups excluding carboxylic acids is 2. The van der Waals surface area contributed by atoms with Crippen molar-refractivity contribution in [1.82, 2.24) is 0 Å². The smallest absolute Gasteiger partial charge is 0.137 e. The van der Waals surface area contributed by atoms with Crippen molar-refractivity contribution in [3.05, 3.63) is 13.3 Å². The van der Waals surface area contributed by atoms with Crippen molar-refractivity contribution in [2.24, 2.45) is 0 Å². The predicted molar refractivity (Wildman–Crippen MR) is 42.8 cm³/mol. The maximum atomic E-state index is 10.7. The number of hydrogen-bond donors (Lipinski definition) is 0. The predicted octanol–water partition coefficient (Wildman–Crippen LogP) is 1.62. The van der Waals surface area contributed by atoms with Crippen LogP contribution in [0.3, 0.4) is 0 Å². The van der Waals surface area contributed by atoms with Crippen molar-refractivity contribution >= 4 is 11.6 Å². The Morgan fingerprint density at radius 1 is 1.27 bits per heavy atom. The number of ketones is 2. The summed E-state index contributed by atoms with van der Waals surface area (Å²) in [6.07, 6.45) is 3.94. The first-order valence-electron chi connectivity index (χ1n) is 3.77. The Kier molecular flexibility index (Phi) is 5.71. The number of carbonyl (C=O) groups is 2. The average molecular weight is 153 g/mol. The van der Waals surface area contributed by atoms with Crippen LogP contribution in [-0.2, 0) is 9.59 Å². The molecule has 0 aromatic rings. The zero-order chi connectivity index (χ0) is 8.69. The number of unbranched alkanes of at least 4 members (excludes halogenated alkanes) is 1. The van der Waals surface area contributed by atoms with Gasteiger partial charge in [-0.2, -0.15) is 0 Å². The van der Waals surface area contributed by atoms with E-state index in [0.29, 0.717) is 12.8 Å². The van der Waals surface area contributed by atoms with Gasteiger partial charge in [0.25, 0.3) is 0 Å². The van der Waals surface area contributed by atoms with Gasteiger partial charge in [0, 0.05) is 26.2 Å². The quantitative estimate of drug-likeness (QED) is 0.543. The highest BCUT2D eigenvalue weighted by molar-refractivity contribution is 5.86. The van der Waals surface area contributed by atoms with Crippen LogP contribution in [0.25, 0.3) is 0 Å². The van der Waals surface area contributed by atoms with Gasteiger partial charge < -0.3 is 0 Å². The van der Waals surface area contributed by atoms with Gasteiger partial charge >= 0.3 is 0 Å². The van der Waals surface area contributed by atoms with Crippen molar-refractivity contribution in [2.45, 2.75) is 32.6 Å². The van der Waals surface area contributed by atoms with Gasteiger partial charge in [0.2, 0.25) is 0 Å². The van der Waals surface area contributed by atoms with E-state index >= 15 is 0 Å². The SMILES string of the molecule is [CH]C(=O)CCCCC(=O)[CH]C. The summed E-state index contributed by atoms with van der Waals surface area (Å²) in [4.78, 5) is 20.9. The van der Waals surface area contributed by atoms with Gasteiger partial charge in [-0.05, 0) is 12.8 Å². The maximum absolute atomic E-state index is 10.7. The fourth-order valence-electron chi connectivity index (χ4n) is 0.743. The molecule has 61 valence electrons. The molecule has 0 saturated carbocycles. The van der Waals surface area contributed by atoms with Crippen molar-refractivity contribution in [3.63, 3.8) is 0 Å². The molecule has 0 heterocycles. The lowest BCUT2D eigenvalue weighted by atomic mass is 10.1. The van der Waals surface area contributed by atoms with Crippen molar-refractivity contribution in [2.75, 3.05) is 0 Å². The Morgan fingerprint density at radius 3 is 2.27 bits per heavy atom. The van der Waals surface area contributed by atoms with E-state index in [2.05, 4.69) is 0 Å². The molecule has 0 aliphatic carbocycles. The largest absolute Gasteiger partial charge is 0.299 e. The Morgan fingerprint density at radius 2 is 1.82 bits per heavy atom. The fourth-order valence-corrected chi connectivity index (χ4v) is 0.743. The van der Waals surface area contributed by atoms with Crippen molar-refractivity contribution in [1.29, 1.82) is 0 Å². The molecule has 0 spiro atoms. The van der Waals surface area contributed by atoms with Crippen LogP contribution in [0.15, 0.2) is 0 Å². The molecule has 0 rings (SSSR count). The average Bonchev–Trinajstić information content (AvgIpc) is 1.97. The third-order valence-corrected chi connectivity index (χ3v) is 1.42. The van der Waals surface area contributed by atoms with E-state index in [1.54, 1.807) is 13.3 Å². The minimum Gasteiger partial charge on any atom is -0.299 e. The molecular formula is C9H13O2. The third-order valence-electron chi connectivity index (χ3n) is 1.42. The Balaban J connectivity index is 3.14. The molecule has 0 N–H and O–H groups in total. The Bertz CT molecular complexity index is 138. The van der Waals surface area contributed by atoms with Gasteiger partial charge in [-0.3, -0.25) is 9.59 Å². The number of Topliss-reactive ketones (excluding diaryl/α,β-unsaturated/α-hetero) is 2. The molecule has 0 fully saturated rings. The highest BCUT2D eigenvalue weighted by atomic mass is 16.1. The highest BCUT2D eigenvalue weighted by Gasteiger charge is 1.98. The van der Waals surface area contributed by atoms with Crippen LogP contribution in [-0.4, -0.2) is 11.6 Å². The van der Waals surface area contributed by atoms with Crippen LogP contribution in [0.1, 0.15) is 32.6 Å². The van der Waals surface area contributed by atoms with Crippen LogP contribution in [0.5, 0.6) is 0 Å². The summed E-state index contributed by atoms with van der Waals surface area (Å²) < 4.78 is 0. The summed E-state index contributed by atoms with van der Waals surface area (Å²) in [7, 11) is 0. The molecular weight excluding hydrogens is 140 g/mol. The second kappa shape index (κ2) is 6.08. The van der Waals surface area contributed by atoms with Gasteiger partial charge in [0.1, 0.15) is 11.6 Å². The molecule has 2 heteroatoms.